The second-order valence-corrected chi connectivity index (χ2v) is 5.69. The fraction of sp³-hybridized carbons (Fsp3) is 0.533. The molecule has 3 nitrogen and oxygen atoms in total. The Hall–Kier alpha value is -1.56. The molecule has 21 heavy (non-hydrogen) atoms. The quantitative estimate of drug-likeness (QED) is 0.847. The number of hydrogen-bond acceptors (Lipinski definition) is 2. The summed E-state index contributed by atoms with van der Waals surface area (Å²) in [7, 11) is 0. The molecule has 0 aliphatic carbocycles. The third-order valence-electron chi connectivity index (χ3n) is 3.25. The maximum Gasteiger partial charge on any atom is 0.401 e. The number of aliphatic carboxylic acids is 1. The van der Waals surface area contributed by atoms with E-state index in [1.807, 2.05) is 0 Å². The van der Waals surface area contributed by atoms with E-state index >= 15 is 0 Å². The Kier molecular flexibility index (Phi) is 5.39. The molecular weight excluding hydrogens is 283 g/mol. The van der Waals surface area contributed by atoms with E-state index in [1.54, 1.807) is 24.3 Å². The topological polar surface area (TPSA) is 49.3 Å². The van der Waals surface area contributed by atoms with Crippen LogP contribution in [0, 0.1) is 5.92 Å². The first kappa shape index (κ1) is 17.5. The van der Waals surface area contributed by atoms with Crippen LogP contribution in [-0.4, -0.2) is 23.8 Å². The molecule has 1 aromatic carbocycles. The van der Waals surface area contributed by atoms with Crippen LogP contribution in [0.4, 0.5) is 13.2 Å². The Labute approximate surface area is 122 Å². The van der Waals surface area contributed by atoms with Gasteiger partial charge in [0.2, 0.25) is 0 Å². The highest BCUT2D eigenvalue weighted by Crippen LogP contribution is 2.24. The van der Waals surface area contributed by atoms with Crippen molar-refractivity contribution in [3.8, 4) is 0 Å². The van der Waals surface area contributed by atoms with E-state index in [2.05, 4.69) is 19.2 Å². The van der Waals surface area contributed by atoms with Crippen molar-refractivity contribution >= 4 is 5.97 Å². The van der Waals surface area contributed by atoms with Crippen LogP contribution < -0.4 is 5.32 Å². The smallest absolute Gasteiger partial charge is 0.401 e. The van der Waals surface area contributed by atoms with E-state index in [0.29, 0.717) is 11.5 Å². The minimum absolute atomic E-state index is 0.298. The van der Waals surface area contributed by atoms with Gasteiger partial charge in [-0.1, -0.05) is 38.1 Å². The van der Waals surface area contributed by atoms with Crippen LogP contribution in [0.3, 0.4) is 0 Å². The molecule has 6 heteroatoms. The lowest BCUT2D eigenvalue weighted by Crippen LogP contribution is -2.50. The lowest BCUT2D eigenvalue weighted by Gasteiger charge is -2.27. The van der Waals surface area contributed by atoms with E-state index in [0.717, 1.165) is 12.0 Å². The lowest BCUT2D eigenvalue weighted by molar-refractivity contribution is -0.150. The van der Waals surface area contributed by atoms with Gasteiger partial charge in [-0.25, -0.2) is 4.79 Å². The van der Waals surface area contributed by atoms with E-state index in [1.165, 1.54) is 6.92 Å². The Morgan fingerprint density at radius 1 is 1.24 bits per heavy atom. The van der Waals surface area contributed by atoms with Gasteiger partial charge in [0.25, 0.3) is 0 Å². The first-order chi connectivity index (χ1) is 9.54. The Balaban J connectivity index is 2.97. The molecule has 1 atom stereocenters. The molecule has 0 saturated carbocycles. The van der Waals surface area contributed by atoms with Gasteiger partial charge in [-0.05, 0) is 30.4 Å². The SMILES string of the molecule is CC(C)Cc1ccc(C(C)(NCC(F)(F)F)C(=O)O)cc1. The third-order valence-corrected chi connectivity index (χ3v) is 3.25. The molecule has 0 aliphatic rings. The van der Waals surface area contributed by atoms with Crippen LogP contribution in [0.1, 0.15) is 31.9 Å². The number of carboxylic acids is 1. The monoisotopic (exact) mass is 303 g/mol. The number of rotatable bonds is 6. The van der Waals surface area contributed by atoms with Gasteiger partial charge in [0.1, 0.15) is 5.54 Å². The summed E-state index contributed by atoms with van der Waals surface area (Å²) in [6.07, 6.45) is -3.63. The maximum atomic E-state index is 12.3. The first-order valence-corrected chi connectivity index (χ1v) is 6.69. The predicted molar refractivity (Wildman–Crippen MR) is 74.0 cm³/mol. The molecule has 0 bridgehead atoms. The van der Waals surface area contributed by atoms with Gasteiger partial charge in [-0.2, -0.15) is 13.2 Å². The molecule has 0 saturated heterocycles. The van der Waals surface area contributed by atoms with Crippen LogP contribution in [-0.2, 0) is 16.8 Å². The van der Waals surface area contributed by atoms with Crippen molar-refractivity contribution < 1.29 is 23.1 Å². The average Bonchev–Trinajstić information content (AvgIpc) is 2.35. The van der Waals surface area contributed by atoms with Crippen molar-refractivity contribution in [2.24, 2.45) is 5.92 Å². The highest BCUT2D eigenvalue weighted by Gasteiger charge is 2.39. The fourth-order valence-electron chi connectivity index (χ4n) is 2.02. The molecule has 1 rings (SSSR count). The standard InChI is InChI=1S/C15H20F3NO2/c1-10(2)8-11-4-6-12(7-5-11)14(3,13(20)21)19-9-15(16,17)18/h4-7,10,19H,8-9H2,1-3H3,(H,20,21). The van der Waals surface area contributed by atoms with Crippen LogP contribution in [0.25, 0.3) is 0 Å². The largest absolute Gasteiger partial charge is 0.480 e. The zero-order valence-corrected chi connectivity index (χ0v) is 12.3. The maximum absolute atomic E-state index is 12.3. The number of carbonyl (C=O) groups is 1. The van der Waals surface area contributed by atoms with Gasteiger partial charge in [-0.3, -0.25) is 5.32 Å². The van der Waals surface area contributed by atoms with Gasteiger partial charge in [0.05, 0.1) is 6.54 Å². The molecule has 0 aliphatic heterocycles. The molecule has 1 aromatic rings. The van der Waals surface area contributed by atoms with Gasteiger partial charge in [0, 0.05) is 0 Å². The van der Waals surface area contributed by atoms with Gasteiger partial charge in [0.15, 0.2) is 0 Å². The van der Waals surface area contributed by atoms with Gasteiger partial charge >= 0.3 is 12.1 Å². The molecule has 118 valence electrons. The van der Waals surface area contributed by atoms with Crippen LogP contribution in [0.15, 0.2) is 24.3 Å². The molecule has 2 N–H and O–H groups in total. The van der Waals surface area contributed by atoms with Gasteiger partial charge < -0.3 is 5.11 Å². The fourth-order valence-corrected chi connectivity index (χ4v) is 2.02. The van der Waals surface area contributed by atoms with Crippen LogP contribution in [0.5, 0.6) is 0 Å². The zero-order valence-electron chi connectivity index (χ0n) is 12.3. The third kappa shape index (κ3) is 5.04. The van der Waals surface area contributed by atoms with E-state index in [-0.39, 0.29) is 0 Å². The highest BCUT2D eigenvalue weighted by molar-refractivity contribution is 5.80. The Morgan fingerprint density at radius 3 is 2.14 bits per heavy atom. The summed E-state index contributed by atoms with van der Waals surface area (Å²) in [6.45, 7) is 3.99. The second kappa shape index (κ2) is 6.47. The molecule has 0 heterocycles. The number of alkyl halides is 3. The van der Waals surface area contributed by atoms with E-state index in [9.17, 15) is 23.1 Å². The number of halogens is 3. The van der Waals surface area contributed by atoms with Crippen molar-refractivity contribution in [2.75, 3.05) is 6.54 Å². The summed E-state index contributed by atoms with van der Waals surface area (Å²) >= 11 is 0. The lowest BCUT2D eigenvalue weighted by atomic mass is 9.90. The summed E-state index contributed by atoms with van der Waals surface area (Å²) in [6, 6.07) is 6.64. The minimum Gasteiger partial charge on any atom is -0.480 e. The summed E-state index contributed by atoms with van der Waals surface area (Å²) in [5, 5.41) is 11.4. The molecule has 0 radical (unpaired) electrons. The second-order valence-electron chi connectivity index (χ2n) is 5.69. The number of hydrogen-bond donors (Lipinski definition) is 2. The van der Waals surface area contributed by atoms with Crippen molar-refractivity contribution in [1.82, 2.24) is 5.32 Å². The molecule has 0 aromatic heterocycles. The minimum atomic E-state index is -4.46. The van der Waals surface area contributed by atoms with Crippen molar-refractivity contribution in [3.63, 3.8) is 0 Å². The van der Waals surface area contributed by atoms with Crippen molar-refractivity contribution in [1.29, 1.82) is 0 Å². The van der Waals surface area contributed by atoms with Gasteiger partial charge in [-0.15, -0.1) is 0 Å². The number of benzene rings is 1. The van der Waals surface area contributed by atoms with Crippen LogP contribution in [0.2, 0.25) is 0 Å². The van der Waals surface area contributed by atoms with E-state index < -0.39 is 24.2 Å². The predicted octanol–water partition coefficient (Wildman–Crippen LogP) is 3.34. The zero-order chi connectivity index (χ0) is 16.3. The number of carboxylic acid groups (broad SMARTS) is 1. The summed E-state index contributed by atoms with van der Waals surface area (Å²) in [5.74, 6) is -0.895. The first-order valence-electron chi connectivity index (χ1n) is 6.69. The summed E-state index contributed by atoms with van der Waals surface area (Å²) in [4.78, 5) is 11.4. The summed E-state index contributed by atoms with van der Waals surface area (Å²) < 4.78 is 37.0. The van der Waals surface area contributed by atoms with E-state index in [4.69, 9.17) is 0 Å². The number of nitrogens with one attached hydrogen (secondary N) is 1. The van der Waals surface area contributed by atoms with Crippen molar-refractivity contribution in [2.45, 2.75) is 38.9 Å². The molecule has 0 fully saturated rings. The molecule has 0 amide bonds. The van der Waals surface area contributed by atoms with Crippen LogP contribution >= 0.6 is 0 Å². The molecular formula is C15H20F3NO2. The summed E-state index contributed by atoms with van der Waals surface area (Å²) in [5.41, 5.74) is -0.449. The Morgan fingerprint density at radius 2 is 1.76 bits per heavy atom. The Bertz CT molecular complexity index is 483. The van der Waals surface area contributed by atoms with Crippen molar-refractivity contribution in [3.05, 3.63) is 35.4 Å². The molecule has 1 unspecified atom stereocenters. The highest BCUT2D eigenvalue weighted by atomic mass is 19.4. The molecule has 0 spiro atoms. The average molecular weight is 303 g/mol. The normalized spacial score (nSPS) is 15.0.